The van der Waals surface area contributed by atoms with Gasteiger partial charge in [-0.15, -0.1) is 0 Å². The van der Waals surface area contributed by atoms with Gasteiger partial charge < -0.3 is 9.13 Å². The monoisotopic (exact) mass is 704 g/mol. The molecule has 0 radical (unpaired) electrons. The van der Waals surface area contributed by atoms with Gasteiger partial charge >= 0.3 is 0 Å². The molecule has 0 atom stereocenters. The molecule has 55 heavy (non-hydrogen) atoms. The maximum atomic E-state index is 2.41. The van der Waals surface area contributed by atoms with Gasteiger partial charge in [0.25, 0.3) is 0 Å². The Balaban J connectivity index is 1.04. The summed E-state index contributed by atoms with van der Waals surface area (Å²) in [5, 5.41) is 7.53. The summed E-state index contributed by atoms with van der Waals surface area (Å²) in [4.78, 5) is 0. The summed E-state index contributed by atoms with van der Waals surface area (Å²) in [6.45, 7) is 4.41. The molecule has 10 aromatic rings. The van der Waals surface area contributed by atoms with Crippen molar-refractivity contribution in [1.82, 2.24) is 9.13 Å². The molecule has 2 heteroatoms. The fourth-order valence-corrected chi connectivity index (χ4v) is 8.44. The molecule has 0 aliphatic heterocycles. The molecule has 8 aromatic carbocycles. The number of rotatable bonds is 7. The van der Waals surface area contributed by atoms with Crippen LogP contribution >= 0.6 is 0 Å². The van der Waals surface area contributed by atoms with Crippen molar-refractivity contribution in [3.8, 4) is 22.5 Å². The van der Waals surface area contributed by atoms with Crippen molar-refractivity contribution in [2.24, 2.45) is 0 Å². The molecule has 0 saturated heterocycles. The van der Waals surface area contributed by atoms with E-state index in [9.17, 15) is 0 Å². The zero-order valence-corrected chi connectivity index (χ0v) is 31.1. The van der Waals surface area contributed by atoms with Gasteiger partial charge in [0.2, 0.25) is 0 Å². The summed E-state index contributed by atoms with van der Waals surface area (Å²) in [6, 6.07) is 66.5. The van der Waals surface area contributed by atoms with Crippen molar-refractivity contribution >= 4 is 65.5 Å². The molecular weight excluding hydrogens is 665 g/mol. The summed E-state index contributed by atoms with van der Waals surface area (Å²) in [5.41, 5.74) is 14.7. The third-order valence-corrected chi connectivity index (χ3v) is 11.3. The number of para-hydroxylation sites is 2. The number of nitrogens with zero attached hydrogens (tertiary/aromatic N) is 2. The summed E-state index contributed by atoms with van der Waals surface area (Å²) in [5.74, 6) is 0. The average Bonchev–Trinajstić information content (AvgIpc) is 3.76. The first kappa shape index (κ1) is 32.7. The highest BCUT2D eigenvalue weighted by molar-refractivity contribution is 6.13. The molecule has 2 heterocycles. The van der Waals surface area contributed by atoms with Crippen molar-refractivity contribution < 1.29 is 0 Å². The first-order valence-corrected chi connectivity index (χ1v) is 19.2. The second kappa shape index (κ2) is 13.5. The zero-order valence-electron chi connectivity index (χ0n) is 31.1. The van der Waals surface area contributed by atoms with Gasteiger partial charge in [0.05, 0.1) is 22.1 Å². The number of aromatic nitrogens is 2. The van der Waals surface area contributed by atoms with Crippen molar-refractivity contribution in [3.63, 3.8) is 0 Å². The van der Waals surface area contributed by atoms with Crippen LogP contribution in [0.3, 0.4) is 0 Å². The third-order valence-electron chi connectivity index (χ3n) is 11.3. The summed E-state index contributed by atoms with van der Waals surface area (Å²) < 4.78 is 4.82. The molecule has 262 valence electrons. The minimum absolute atomic E-state index is 0.964. The minimum atomic E-state index is 0.964. The van der Waals surface area contributed by atoms with E-state index in [1.54, 1.807) is 0 Å². The number of allylic oxidation sites excluding steroid dienone is 4. The molecule has 0 unspecified atom stereocenters. The normalized spacial score (nSPS) is 12.5. The van der Waals surface area contributed by atoms with E-state index in [-0.39, 0.29) is 0 Å². The van der Waals surface area contributed by atoms with Gasteiger partial charge in [0.1, 0.15) is 0 Å². The Bertz CT molecular complexity index is 3120. The van der Waals surface area contributed by atoms with Crippen molar-refractivity contribution in [2.75, 3.05) is 0 Å². The first-order chi connectivity index (χ1) is 27.1. The van der Waals surface area contributed by atoms with E-state index in [1.807, 2.05) is 0 Å². The second-order valence-electron chi connectivity index (χ2n) is 14.5. The van der Waals surface area contributed by atoms with Crippen LogP contribution in [0, 0.1) is 0 Å². The maximum Gasteiger partial charge on any atom is 0.0541 e. The van der Waals surface area contributed by atoms with E-state index < -0.39 is 0 Å². The van der Waals surface area contributed by atoms with Crippen LogP contribution in [0.4, 0.5) is 0 Å². The van der Waals surface area contributed by atoms with Crippen LogP contribution in [0.25, 0.3) is 88.0 Å². The Hall–Kier alpha value is -6.90. The van der Waals surface area contributed by atoms with Gasteiger partial charge in [0.15, 0.2) is 0 Å². The van der Waals surface area contributed by atoms with Gasteiger partial charge in [-0.05, 0) is 118 Å². The van der Waals surface area contributed by atoms with Crippen LogP contribution in [-0.2, 0) is 0 Å². The molecule has 2 aromatic heterocycles. The third kappa shape index (κ3) is 5.66. The van der Waals surface area contributed by atoms with Crippen LogP contribution in [0.1, 0.15) is 31.4 Å². The van der Waals surface area contributed by atoms with E-state index in [0.717, 1.165) is 12.1 Å². The zero-order chi connectivity index (χ0) is 36.9. The molecule has 10 rings (SSSR count). The van der Waals surface area contributed by atoms with E-state index in [1.165, 1.54) is 93.5 Å². The molecule has 0 bridgehead atoms. The van der Waals surface area contributed by atoms with Crippen molar-refractivity contribution in [2.45, 2.75) is 20.3 Å². The summed E-state index contributed by atoms with van der Waals surface area (Å²) in [7, 11) is 0. The summed E-state index contributed by atoms with van der Waals surface area (Å²) >= 11 is 0. The van der Waals surface area contributed by atoms with Crippen LogP contribution in [-0.4, -0.2) is 9.13 Å². The Labute approximate surface area is 321 Å². The smallest absolute Gasteiger partial charge is 0.0541 e. The van der Waals surface area contributed by atoms with Crippen LogP contribution in [0.5, 0.6) is 0 Å². The lowest BCUT2D eigenvalue weighted by atomic mass is 10.0. The number of fused-ring (bicyclic) bond motifs is 7. The molecule has 2 nitrogen and oxygen atoms in total. The highest BCUT2D eigenvalue weighted by Gasteiger charge is 2.16. The first-order valence-electron chi connectivity index (χ1n) is 19.2. The molecule has 0 aliphatic rings. The lowest BCUT2D eigenvalue weighted by Crippen LogP contribution is -1.94. The SMILES string of the molecule is CC/C(=C\C=C(/C)c1ccccc1)c1ccc(-n2c3ccccc3c3cc(-c4ccc5c(c4)c4ccccc4n5-c4ccc5ccccc5c4)ccc32)cc1. The van der Waals surface area contributed by atoms with E-state index in [0.29, 0.717) is 0 Å². The topological polar surface area (TPSA) is 9.86 Å². The van der Waals surface area contributed by atoms with E-state index in [4.69, 9.17) is 0 Å². The highest BCUT2D eigenvalue weighted by Crippen LogP contribution is 2.39. The highest BCUT2D eigenvalue weighted by atomic mass is 15.0. The average molecular weight is 705 g/mol. The second-order valence-corrected chi connectivity index (χ2v) is 14.5. The molecule has 0 N–H and O–H groups in total. The number of hydrogen-bond donors (Lipinski definition) is 0. The predicted octanol–water partition coefficient (Wildman–Crippen LogP) is 14.6. The predicted molar refractivity (Wildman–Crippen MR) is 236 cm³/mol. The van der Waals surface area contributed by atoms with Gasteiger partial charge in [-0.1, -0.05) is 140 Å². The molecule has 0 fully saturated rings. The fraction of sp³-hybridized carbons (Fsp3) is 0.0566. The molecule has 0 aliphatic carbocycles. The van der Waals surface area contributed by atoms with Crippen LogP contribution in [0.2, 0.25) is 0 Å². The number of hydrogen-bond acceptors (Lipinski definition) is 0. The fourth-order valence-electron chi connectivity index (χ4n) is 8.44. The quantitative estimate of drug-likeness (QED) is 0.146. The van der Waals surface area contributed by atoms with Gasteiger partial charge in [-0.2, -0.15) is 0 Å². The molecular formula is C53H40N2. The van der Waals surface area contributed by atoms with Gasteiger partial charge in [-0.25, -0.2) is 0 Å². The van der Waals surface area contributed by atoms with E-state index in [2.05, 4.69) is 217 Å². The van der Waals surface area contributed by atoms with Gasteiger partial charge in [0, 0.05) is 32.9 Å². The Morgan fingerprint density at radius 2 is 0.945 bits per heavy atom. The summed E-state index contributed by atoms with van der Waals surface area (Å²) in [6.07, 6.45) is 5.48. The minimum Gasteiger partial charge on any atom is -0.309 e. The van der Waals surface area contributed by atoms with Crippen LogP contribution in [0.15, 0.2) is 194 Å². The molecule has 0 saturated carbocycles. The Kier molecular flexibility index (Phi) is 8.03. The Morgan fingerprint density at radius 3 is 1.58 bits per heavy atom. The Morgan fingerprint density at radius 1 is 0.418 bits per heavy atom. The van der Waals surface area contributed by atoms with Gasteiger partial charge in [-0.3, -0.25) is 0 Å². The van der Waals surface area contributed by atoms with Crippen molar-refractivity contribution in [1.29, 1.82) is 0 Å². The number of benzene rings is 8. The molecule has 0 amide bonds. The van der Waals surface area contributed by atoms with E-state index >= 15 is 0 Å². The standard InChI is InChI=1S/C53H40N2/c1-3-37(22-21-36(2)38-13-5-4-6-14-38)40-23-28-44(29-24-40)54-50-19-11-9-17-46(50)48-34-42(26-31-52(48)54)43-27-32-53-49(35-43)47-18-10-12-20-51(47)55(53)45-30-25-39-15-7-8-16-41(39)33-45/h4-35H,3H2,1-2H3/b36-21+,37-22+. The largest absolute Gasteiger partial charge is 0.309 e. The lowest BCUT2D eigenvalue weighted by Gasteiger charge is -2.11. The molecule has 0 spiro atoms. The van der Waals surface area contributed by atoms with Crippen LogP contribution < -0.4 is 0 Å². The van der Waals surface area contributed by atoms with Crippen molar-refractivity contribution in [3.05, 3.63) is 205 Å². The lowest BCUT2D eigenvalue weighted by molar-refractivity contribution is 1.17. The maximum absolute atomic E-state index is 2.41.